The number of halogens is 1. The number of benzene rings is 1. The molecule has 6 rings (SSSR count). The van der Waals surface area contributed by atoms with E-state index in [1.807, 2.05) is 49.3 Å². The Morgan fingerprint density at radius 2 is 1.84 bits per heavy atom. The minimum absolute atomic E-state index is 0.403. The third-order valence-corrected chi connectivity index (χ3v) is 5.95. The fourth-order valence-electron chi connectivity index (χ4n) is 4.14. The van der Waals surface area contributed by atoms with Gasteiger partial charge in [-0.1, -0.05) is 6.07 Å². The van der Waals surface area contributed by atoms with Gasteiger partial charge in [-0.2, -0.15) is 5.10 Å². The number of hydrogen-bond donors (Lipinski definition) is 2. The number of nitrogens with zero attached hydrogens (tertiary/aromatic N) is 6. The lowest BCUT2D eigenvalue weighted by atomic mass is 10.1. The molecule has 0 spiro atoms. The second-order valence-electron chi connectivity index (χ2n) is 8.87. The Hall–Kier alpha value is -4.70. The van der Waals surface area contributed by atoms with Crippen molar-refractivity contribution in [2.24, 2.45) is 0 Å². The Morgan fingerprint density at radius 3 is 2.68 bits per heavy atom. The van der Waals surface area contributed by atoms with Crippen LogP contribution in [0.1, 0.15) is 0 Å². The maximum atomic E-state index is 14.5. The molecule has 0 saturated carbocycles. The van der Waals surface area contributed by atoms with Gasteiger partial charge in [0.15, 0.2) is 5.82 Å². The van der Waals surface area contributed by atoms with Crippen LogP contribution in [0.15, 0.2) is 67.1 Å². The van der Waals surface area contributed by atoms with Gasteiger partial charge in [-0.25, -0.2) is 9.37 Å². The summed E-state index contributed by atoms with van der Waals surface area (Å²) in [4.78, 5) is 23.6. The molecule has 0 amide bonds. The molecule has 0 fully saturated rings. The summed E-state index contributed by atoms with van der Waals surface area (Å²) in [7, 11) is 3.91. The van der Waals surface area contributed by atoms with Crippen molar-refractivity contribution < 1.29 is 9.13 Å². The predicted molar refractivity (Wildman–Crippen MR) is 139 cm³/mol. The van der Waals surface area contributed by atoms with Gasteiger partial charge in [0, 0.05) is 36.0 Å². The fourth-order valence-corrected chi connectivity index (χ4v) is 4.14. The molecule has 5 aromatic heterocycles. The third-order valence-electron chi connectivity index (χ3n) is 5.95. The molecule has 0 aliphatic rings. The van der Waals surface area contributed by atoms with Crippen LogP contribution in [0.2, 0.25) is 0 Å². The van der Waals surface area contributed by atoms with E-state index in [-0.39, 0.29) is 0 Å². The summed E-state index contributed by atoms with van der Waals surface area (Å²) in [6, 6.07) is 14.0. The molecule has 5 heterocycles. The Labute approximate surface area is 211 Å². The quantitative estimate of drug-likeness (QED) is 0.331. The van der Waals surface area contributed by atoms with Crippen LogP contribution in [0.3, 0.4) is 0 Å². The number of rotatable bonds is 7. The van der Waals surface area contributed by atoms with Crippen molar-refractivity contribution in [3.63, 3.8) is 0 Å². The summed E-state index contributed by atoms with van der Waals surface area (Å²) < 4.78 is 20.3. The highest BCUT2D eigenvalue weighted by atomic mass is 19.1. The highest BCUT2D eigenvalue weighted by molar-refractivity contribution is 5.96. The summed E-state index contributed by atoms with van der Waals surface area (Å²) in [6.45, 7) is 1.17. The summed E-state index contributed by atoms with van der Waals surface area (Å²) in [5, 5.41) is 8.36. The number of pyridine rings is 3. The molecule has 0 saturated heterocycles. The number of aromatic amines is 2. The SMILES string of the molecule is CN(C)CCOc1cc(F)cc(-c2nccc3[nH]c(-c4n[nH]c5cnc(-c6ccccn6)cc45)nc23)c1. The zero-order valence-corrected chi connectivity index (χ0v) is 20.2. The molecule has 1 aromatic carbocycles. The molecule has 9 nitrogen and oxygen atoms in total. The van der Waals surface area contributed by atoms with Crippen molar-refractivity contribution in [3.8, 4) is 39.9 Å². The molecule has 0 radical (unpaired) electrons. The molecule has 6 aromatic rings. The highest BCUT2D eigenvalue weighted by Gasteiger charge is 2.18. The number of likely N-dealkylation sites (N-methyl/N-ethyl adjacent to an activating group) is 1. The molecule has 0 bridgehead atoms. The Balaban J connectivity index is 1.41. The van der Waals surface area contributed by atoms with Gasteiger partial charge in [0.05, 0.1) is 34.3 Å². The second kappa shape index (κ2) is 9.40. The van der Waals surface area contributed by atoms with E-state index >= 15 is 0 Å². The van der Waals surface area contributed by atoms with Crippen LogP contribution in [0.5, 0.6) is 5.75 Å². The van der Waals surface area contributed by atoms with Crippen LogP contribution >= 0.6 is 0 Å². The van der Waals surface area contributed by atoms with Gasteiger partial charge in [-0.3, -0.25) is 20.1 Å². The van der Waals surface area contributed by atoms with Crippen molar-refractivity contribution in [3.05, 3.63) is 72.9 Å². The molecular formula is C27H23FN8O. The Morgan fingerprint density at radius 1 is 0.919 bits per heavy atom. The molecule has 184 valence electrons. The number of aromatic nitrogens is 7. The van der Waals surface area contributed by atoms with Crippen LogP contribution in [0.4, 0.5) is 4.39 Å². The minimum atomic E-state index is -0.403. The van der Waals surface area contributed by atoms with Crippen LogP contribution in [0.25, 0.3) is 56.1 Å². The predicted octanol–water partition coefficient (Wildman–Crippen LogP) is 4.70. The first kappa shape index (κ1) is 22.7. The number of ether oxygens (including phenoxy) is 1. The molecule has 10 heteroatoms. The van der Waals surface area contributed by atoms with Gasteiger partial charge < -0.3 is 14.6 Å². The van der Waals surface area contributed by atoms with Gasteiger partial charge in [0.2, 0.25) is 0 Å². The highest BCUT2D eigenvalue weighted by Crippen LogP contribution is 2.32. The topological polar surface area (TPSA) is 108 Å². The van der Waals surface area contributed by atoms with Crippen molar-refractivity contribution in [2.45, 2.75) is 0 Å². The van der Waals surface area contributed by atoms with Gasteiger partial charge in [0.25, 0.3) is 0 Å². The van der Waals surface area contributed by atoms with E-state index in [0.717, 1.165) is 34.4 Å². The number of nitrogens with one attached hydrogen (secondary N) is 2. The average molecular weight is 495 g/mol. The van der Waals surface area contributed by atoms with E-state index in [1.165, 1.54) is 12.1 Å². The monoisotopic (exact) mass is 494 g/mol. The lowest BCUT2D eigenvalue weighted by molar-refractivity contribution is 0.260. The molecule has 0 unspecified atom stereocenters. The molecule has 0 aliphatic carbocycles. The lowest BCUT2D eigenvalue weighted by Gasteiger charge is -2.12. The van der Waals surface area contributed by atoms with E-state index < -0.39 is 5.82 Å². The first-order valence-electron chi connectivity index (χ1n) is 11.7. The molecule has 37 heavy (non-hydrogen) atoms. The molecule has 0 atom stereocenters. The average Bonchev–Trinajstić information content (AvgIpc) is 3.52. The summed E-state index contributed by atoms with van der Waals surface area (Å²) >= 11 is 0. The van der Waals surface area contributed by atoms with Gasteiger partial charge in [-0.05, 0) is 50.5 Å². The van der Waals surface area contributed by atoms with E-state index in [2.05, 4.69) is 30.1 Å². The van der Waals surface area contributed by atoms with Crippen LogP contribution in [0, 0.1) is 5.82 Å². The lowest BCUT2D eigenvalue weighted by Crippen LogP contribution is -2.19. The smallest absolute Gasteiger partial charge is 0.159 e. The maximum absolute atomic E-state index is 14.5. The summed E-state index contributed by atoms with van der Waals surface area (Å²) in [5.74, 6) is 0.603. The van der Waals surface area contributed by atoms with E-state index in [9.17, 15) is 4.39 Å². The van der Waals surface area contributed by atoms with Gasteiger partial charge in [-0.15, -0.1) is 0 Å². The second-order valence-corrected chi connectivity index (χ2v) is 8.87. The molecular weight excluding hydrogens is 471 g/mol. The third kappa shape index (κ3) is 4.50. The number of hydrogen-bond acceptors (Lipinski definition) is 7. The number of fused-ring (bicyclic) bond motifs is 2. The van der Waals surface area contributed by atoms with E-state index in [0.29, 0.717) is 40.6 Å². The van der Waals surface area contributed by atoms with Crippen molar-refractivity contribution in [2.75, 3.05) is 27.2 Å². The molecule has 2 N–H and O–H groups in total. The van der Waals surface area contributed by atoms with Crippen LogP contribution in [-0.4, -0.2) is 67.3 Å². The summed E-state index contributed by atoms with van der Waals surface area (Å²) in [5.41, 5.74) is 5.41. The van der Waals surface area contributed by atoms with E-state index in [4.69, 9.17) is 9.72 Å². The standard InChI is InChI=1S/C27H23FN8O/c1-36(2)9-10-37-18-12-16(11-17(28)13-18)24-26-21(6-8-30-24)32-27(33-26)25-19-14-22(20-5-3-4-7-29-20)31-15-23(19)34-35-25/h3-8,11-15H,9-10H2,1-2H3,(H,32,33)(H,34,35). The largest absolute Gasteiger partial charge is 0.492 e. The summed E-state index contributed by atoms with van der Waals surface area (Å²) in [6.07, 6.45) is 5.13. The van der Waals surface area contributed by atoms with E-state index in [1.54, 1.807) is 24.7 Å². The zero-order chi connectivity index (χ0) is 25.4. The number of H-pyrrole nitrogens is 2. The van der Waals surface area contributed by atoms with Crippen molar-refractivity contribution >= 4 is 21.9 Å². The van der Waals surface area contributed by atoms with Crippen LogP contribution in [-0.2, 0) is 0 Å². The normalized spacial score (nSPS) is 11.6. The maximum Gasteiger partial charge on any atom is 0.159 e. The Bertz CT molecular complexity index is 1710. The van der Waals surface area contributed by atoms with Crippen molar-refractivity contribution in [1.82, 2.24) is 40.0 Å². The molecule has 0 aliphatic heterocycles. The Kier molecular flexibility index (Phi) is 5.78. The van der Waals surface area contributed by atoms with Gasteiger partial charge >= 0.3 is 0 Å². The first-order chi connectivity index (χ1) is 18.0. The van der Waals surface area contributed by atoms with Gasteiger partial charge in [0.1, 0.15) is 29.4 Å². The number of imidazole rings is 1. The first-order valence-corrected chi connectivity index (χ1v) is 11.7. The zero-order valence-electron chi connectivity index (χ0n) is 20.2. The van der Waals surface area contributed by atoms with Crippen LogP contribution < -0.4 is 4.74 Å². The fraction of sp³-hybridized carbons (Fsp3) is 0.148. The minimum Gasteiger partial charge on any atom is -0.492 e. The van der Waals surface area contributed by atoms with Crippen molar-refractivity contribution in [1.29, 1.82) is 0 Å².